The molecule has 28 heavy (non-hydrogen) atoms. The van der Waals surface area contributed by atoms with E-state index in [1.54, 1.807) is 0 Å². The van der Waals surface area contributed by atoms with Crippen molar-refractivity contribution in [2.45, 2.75) is 46.0 Å². The number of allylic oxidation sites excluding steroid dienone is 5. The maximum Gasteiger partial charge on any atom is 0.201 e. The number of carbonyl (C=O) groups is 1. The van der Waals surface area contributed by atoms with Crippen molar-refractivity contribution in [1.82, 2.24) is 0 Å². The Hall–Kier alpha value is -3.08. The van der Waals surface area contributed by atoms with Crippen molar-refractivity contribution in [2.75, 3.05) is 0 Å². The van der Waals surface area contributed by atoms with Crippen molar-refractivity contribution in [2.24, 2.45) is 0 Å². The van der Waals surface area contributed by atoms with Gasteiger partial charge in [-0.15, -0.1) is 0 Å². The van der Waals surface area contributed by atoms with Gasteiger partial charge in [0.05, 0.1) is 11.0 Å². The summed E-state index contributed by atoms with van der Waals surface area (Å²) >= 11 is 0. The molecule has 1 aromatic carbocycles. The van der Waals surface area contributed by atoms with Gasteiger partial charge < -0.3 is 14.6 Å². The zero-order valence-corrected chi connectivity index (χ0v) is 16.5. The molecule has 5 nitrogen and oxygen atoms in total. The van der Waals surface area contributed by atoms with Crippen LogP contribution in [-0.2, 0) is 10.2 Å². The SMILES string of the molecule is CC(C)=CCC1(CC=C(C)C)C(=O)C=Cc2oc3cc(O)cc(O)c3c(=O)c21. The zero-order chi connectivity index (χ0) is 20.6. The molecule has 0 radical (unpaired) electrons. The summed E-state index contributed by atoms with van der Waals surface area (Å²) in [5.74, 6) is -0.456. The second-order valence-electron chi connectivity index (χ2n) is 7.76. The number of fused-ring (bicyclic) bond motifs is 2. The Labute approximate surface area is 163 Å². The molecule has 0 saturated heterocycles. The van der Waals surface area contributed by atoms with Crippen LogP contribution in [-0.4, -0.2) is 16.0 Å². The van der Waals surface area contributed by atoms with E-state index >= 15 is 0 Å². The minimum Gasteiger partial charge on any atom is -0.508 e. The topological polar surface area (TPSA) is 87.7 Å². The van der Waals surface area contributed by atoms with E-state index in [0.29, 0.717) is 12.8 Å². The molecule has 0 aliphatic heterocycles. The number of hydrogen-bond donors (Lipinski definition) is 2. The summed E-state index contributed by atoms with van der Waals surface area (Å²) in [5, 5.41) is 20.0. The number of benzene rings is 1. The van der Waals surface area contributed by atoms with Gasteiger partial charge in [0.2, 0.25) is 5.43 Å². The van der Waals surface area contributed by atoms with E-state index in [1.165, 1.54) is 18.2 Å². The summed E-state index contributed by atoms with van der Waals surface area (Å²) in [6.07, 6.45) is 7.52. The van der Waals surface area contributed by atoms with Gasteiger partial charge in [-0.1, -0.05) is 23.3 Å². The van der Waals surface area contributed by atoms with Gasteiger partial charge in [-0.25, -0.2) is 0 Å². The third-order valence-electron chi connectivity index (χ3n) is 5.04. The number of hydrogen-bond acceptors (Lipinski definition) is 5. The highest BCUT2D eigenvalue weighted by Crippen LogP contribution is 2.41. The number of ketones is 1. The summed E-state index contributed by atoms with van der Waals surface area (Å²) < 4.78 is 5.84. The molecule has 1 aromatic heterocycles. The second kappa shape index (κ2) is 7.15. The highest BCUT2D eigenvalue weighted by molar-refractivity contribution is 6.05. The highest BCUT2D eigenvalue weighted by Gasteiger charge is 2.44. The maximum atomic E-state index is 13.4. The highest BCUT2D eigenvalue weighted by atomic mass is 16.3. The van der Waals surface area contributed by atoms with E-state index in [9.17, 15) is 19.8 Å². The van der Waals surface area contributed by atoms with Crippen LogP contribution in [0.5, 0.6) is 11.5 Å². The smallest absolute Gasteiger partial charge is 0.201 e. The van der Waals surface area contributed by atoms with E-state index in [0.717, 1.165) is 17.2 Å². The van der Waals surface area contributed by atoms with Crippen molar-refractivity contribution in [3.63, 3.8) is 0 Å². The molecule has 0 atom stereocenters. The average Bonchev–Trinajstić information content (AvgIpc) is 2.59. The Balaban J connectivity index is 2.40. The Morgan fingerprint density at radius 1 is 1.00 bits per heavy atom. The Bertz CT molecular complexity index is 1080. The van der Waals surface area contributed by atoms with Crippen LogP contribution in [0.1, 0.15) is 51.9 Å². The van der Waals surface area contributed by atoms with Crippen LogP contribution in [0.3, 0.4) is 0 Å². The molecule has 1 aliphatic rings. The summed E-state index contributed by atoms with van der Waals surface area (Å²) in [6, 6.07) is 2.38. The lowest BCUT2D eigenvalue weighted by Gasteiger charge is -2.33. The summed E-state index contributed by atoms with van der Waals surface area (Å²) in [5.41, 5.74) is 0.868. The van der Waals surface area contributed by atoms with Crippen LogP contribution in [0.25, 0.3) is 17.0 Å². The first-order valence-electron chi connectivity index (χ1n) is 9.18. The van der Waals surface area contributed by atoms with Crippen LogP contribution in [0.4, 0.5) is 0 Å². The molecular formula is C23H24O5. The van der Waals surface area contributed by atoms with Gasteiger partial charge in [-0.3, -0.25) is 9.59 Å². The first kappa shape index (κ1) is 19.7. The molecule has 5 heteroatoms. The number of carbonyl (C=O) groups excluding carboxylic acids is 1. The predicted molar refractivity (Wildman–Crippen MR) is 110 cm³/mol. The van der Waals surface area contributed by atoms with E-state index < -0.39 is 10.8 Å². The molecule has 0 bridgehead atoms. The zero-order valence-electron chi connectivity index (χ0n) is 16.5. The lowest BCUT2D eigenvalue weighted by atomic mass is 9.68. The average molecular weight is 380 g/mol. The molecule has 0 amide bonds. The van der Waals surface area contributed by atoms with Crippen molar-refractivity contribution in [3.8, 4) is 11.5 Å². The first-order valence-corrected chi connectivity index (χ1v) is 9.18. The second-order valence-corrected chi connectivity index (χ2v) is 7.76. The standard InChI is InChI=1S/C23H24O5/c1-13(2)7-9-23(10-8-14(3)4)19(26)6-5-17-21(23)22(27)20-16(25)11-15(24)12-18(20)28-17/h5-8,11-12,24-25H,9-10H2,1-4H3. The van der Waals surface area contributed by atoms with Gasteiger partial charge in [0.1, 0.15) is 28.2 Å². The van der Waals surface area contributed by atoms with Crippen LogP contribution in [0.15, 0.2) is 50.7 Å². The molecule has 2 N–H and O–H groups in total. The Morgan fingerprint density at radius 2 is 1.61 bits per heavy atom. The summed E-state index contributed by atoms with van der Waals surface area (Å²) in [7, 11) is 0. The van der Waals surface area contributed by atoms with Crippen molar-refractivity contribution in [1.29, 1.82) is 0 Å². The first-order chi connectivity index (χ1) is 13.2. The Morgan fingerprint density at radius 3 is 2.18 bits per heavy atom. The molecule has 146 valence electrons. The number of rotatable bonds is 4. The third kappa shape index (κ3) is 3.28. The van der Waals surface area contributed by atoms with Crippen LogP contribution >= 0.6 is 0 Å². The fourth-order valence-electron chi connectivity index (χ4n) is 3.55. The summed E-state index contributed by atoms with van der Waals surface area (Å²) in [4.78, 5) is 26.5. The molecule has 0 saturated carbocycles. The van der Waals surface area contributed by atoms with E-state index in [-0.39, 0.29) is 39.6 Å². The largest absolute Gasteiger partial charge is 0.508 e. The van der Waals surface area contributed by atoms with Crippen LogP contribution < -0.4 is 5.43 Å². The predicted octanol–water partition coefficient (Wildman–Crippen LogP) is 4.75. The van der Waals surface area contributed by atoms with Crippen molar-refractivity contribution >= 4 is 22.8 Å². The Kier molecular flexibility index (Phi) is 5.02. The number of phenols is 2. The van der Waals surface area contributed by atoms with Gasteiger partial charge in [-0.2, -0.15) is 0 Å². The molecular weight excluding hydrogens is 356 g/mol. The molecule has 3 rings (SSSR count). The number of phenolic OH excluding ortho intramolecular Hbond substituents is 2. The van der Waals surface area contributed by atoms with Crippen molar-refractivity contribution in [3.05, 3.63) is 63.1 Å². The van der Waals surface area contributed by atoms with E-state index in [4.69, 9.17) is 4.42 Å². The van der Waals surface area contributed by atoms with Gasteiger partial charge in [-0.05, 0) is 52.7 Å². The van der Waals surface area contributed by atoms with E-state index in [1.807, 2.05) is 39.8 Å². The van der Waals surface area contributed by atoms with Gasteiger partial charge in [0, 0.05) is 12.1 Å². The molecule has 0 spiro atoms. The fourth-order valence-corrected chi connectivity index (χ4v) is 3.55. The van der Waals surface area contributed by atoms with Crippen molar-refractivity contribution < 1.29 is 19.4 Å². The molecule has 0 unspecified atom stereocenters. The minimum atomic E-state index is -1.10. The van der Waals surface area contributed by atoms with Crippen LogP contribution in [0.2, 0.25) is 0 Å². The van der Waals surface area contributed by atoms with Crippen LogP contribution in [0, 0.1) is 0 Å². The molecule has 1 aliphatic carbocycles. The summed E-state index contributed by atoms with van der Waals surface area (Å²) in [6.45, 7) is 7.76. The molecule has 1 heterocycles. The quantitative estimate of drug-likeness (QED) is 0.747. The number of aromatic hydroxyl groups is 2. The fraction of sp³-hybridized carbons (Fsp3) is 0.304. The lowest BCUT2D eigenvalue weighted by molar-refractivity contribution is -0.120. The normalized spacial score (nSPS) is 14.6. The van der Waals surface area contributed by atoms with Gasteiger partial charge in [0.25, 0.3) is 0 Å². The lowest BCUT2D eigenvalue weighted by Crippen LogP contribution is -2.41. The molecule has 2 aromatic rings. The van der Waals surface area contributed by atoms with E-state index in [2.05, 4.69) is 0 Å². The van der Waals surface area contributed by atoms with Gasteiger partial charge >= 0.3 is 0 Å². The minimum absolute atomic E-state index is 0.0292. The molecule has 0 fully saturated rings. The van der Waals surface area contributed by atoms with Gasteiger partial charge in [0.15, 0.2) is 5.78 Å². The monoisotopic (exact) mass is 380 g/mol. The third-order valence-corrected chi connectivity index (χ3v) is 5.04. The maximum absolute atomic E-state index is 13.4.